The summed E-state index contributed by atoms with van der Waals surface area (Å²) in [5.74, 6) is 0.978. The minimum atomic E-state index is 0.238. The first-order chi connectivity index (χ1) is 8.87. The zero-order valence-corrected chi connectivity index (χ0v) is 13.6. The Balaban J connectivity index is 3.27. The zero-order valence-electron chi connectivity index (χ0n) is 13.6. The summed E-state index contributed by atoms with van der Waals surface area (Å²) in [7, 11) is 1.74. The van der Waals surface area contributed by atoms with E-state index in [4.69, 9.17) is 4.74 Å². The Morgan fingerprint density at radius 1 is 1.16 bits per heavy atom. The monoisotopic (exact) mass is 263 g/mol. The molecule has 0 aliphatic carbocycles. The molecule has 1 atom stereocenters. The molecule has 1 aromatic rings. The number of ether oxygens (including phenoxy) is 1. The summed E-state index contributed by atoms with van der Waals surface area (Å²) < 4.78 is 5.41. The molecule has 0 radical (unpaired) electrons. The van der Waals surface area contributed by atoms with Gasteiger partial charge in [-0.15, -0.1) is 0 Å². The molecule has 0 saturated heterocycles. The number of hydrogen-bond donors (Lipinski definition) is 1. The zero-order chi connectivity index (χ0) is 14.6. The normalized spacial score (nSPS) is 13.4. The SMILES string of the molecule is CCNC(c1cc(C)c(OC)cc1C)C(C)(C)CC. The molecule has 0 bridgehead atoms. The molecule has 1 unspecified atom stereocenters. The van der Waals surface area contributed by atoms with Crippen LogP contribution in [0.3, 0.4) is 0 Å². The van der Waals surface area contributed by atoms with Gasteiger partial charge in [0.15, 0.2) is 0 Å². The van der Waals surface area contributed by atoms with E-state index < -0.39 is 0 Å². The van der Waals surface area contributed by atoms with Gasteiger partial charge in [-0.1, -0.05) is 33.8 Å². The molecule has 19 heavy (non-hydrogen) atoms. The lowest BCUT2D eigenvalue weighted by atomic mass is 9.77. The molecule has 0 aromatic heterocycles. The third kappa shape index (κ3) is 3.50. The maximum atomic E-state index is 5.41. The molecule has 0 amide bonds. The van der Waals surface area contributed by atoms with Gasteiger partial charge in [-0.3, -0.25) is 0 Å². The molecule has 1 N–H and O–H groups in total. The molecule has 2 nitrogen and oxygen atoms in total. The molecule has 2 heteroatoms. The highest BCUT2D eigenvalue weighted by atomic mass is 16.5. The van der Waals surface area contributed by atoms with Gasteiger partial charge in [-0.25, -0.2) is 0 Å². The molecular formula is C17H29NO. The van der Waals surface area contributed by atoms with Crippen LogP contribution in [0.2, 0.25) is 0 Å². The van der Waals surface area contributed by atoms with Crippen molar-refractivity contribution in [1.82, 2.24) is 5.32 Å². The quantitative estimate of drug-likeness (QED) is 0.821. The van der Waals surface area contributed by atoms with Crippen LogP contribution in [0.15, 0.2) is 12.1 Å². The van der Waals surface area contributed by atoms with Crippen molar-refractivity contribution < 1.29 is 4.74 Å². The van der Waals surface area contributed by atoms with Crippen molar-refractivity contribution in [3.05, 3.63) is 28.8 Å². The Morgan fingerprint density at radius 3 is 2.26 bits per heavy atom. The van der Waals surface area contributed by atoms with E-state index in [1.165, 1.54) is 16.7 Å². The van der Waals surface area contributed by atoms with Crippen molar-refractivity contribution in [3.8, 4) is 5.75 Å². The largest absolute Gasteiger partial charge is 0.496 e. The van der Waals surface area contributed by atoms with Gasteiger partial charge in [0, 0.05) is 6.04 Å². The fourth-order valence-corrected chi connectivity index (χ4v) is 2.56. The van der Waals surface area contributed by atoms with Crippen LogP contribution in [0.25, 0.3) is 0 Å². The van der Waals surface area contributed by atoms with Crippen LogP contribution < -0.4 is 10.1 Å². The van der Waals surface area contributed by atoms with E-state index in [9.17, 15) is 0 Å². The summed E-state index contributed by atoms with van der Waals surface area (Å²) in [6.45, 7) is 14.4. The number of rotatable bonds is 6. The standard InChI is InChI=1S/C17H29NO/c1-8-17(5,6)16(18-9-2)14-10-13(4)15(19-7)11-12(14)3/h10-11,16,18H,8-9H2,1-7H3. The van der Waals surface area contributed by atoms with Crippen molar-refractivity contribution >= 4 is 0 Å². The first kappa shape index (κ1) is 16.0. The van der Waals surface area contributed by atoms with Gasteiger partial charge in [0.25, 0.3) is 0 Å². The molecule has 0 spiro atoms. The molecule has 0 aliphatic heterocycles. The van der Waals surface area contributed by atoms with Crippen LogP contribution in [-0.4, -0.2) is 13.7 Å². The van der Waals surface area contributed by atoms with Crippen LogP contribution in [0.4, 0.5) is 0 Å². The molecule has 1 rings (SSSR count). The first-order valence-corrected chi connectivity index (χ1v) is 7.25. The van der Waals surface area contributed by atoms with Crippen molar-refractivity contribution in [1.29, 1.82) is 0 Å². The highest BCUT2D eigenvalue weighted by molar-refractivity contribution is 5.43. The molecule has 0 saturated carbocycles. The Morgan fingerprint density at radius 2 is 1.79 bits per heavy atom. The maximum absolute atomic E-state index is 5.41. The summed E-state index contributed by atoms with van der Waals surface area (Å²) in [6.07, 6.45) is 1.15. The molecule has 0 aliphatic rings. The van der Waals surface area contributed by atoms with Crippen molar-refractivity contribution in [2.45, 2.75) is 54.0 Å². The van der Waals surface area contributed by atoms with Crippen molar-refractivity contribution in [3.63, 3.8) is 0 Å². The number of methoxy groups -OCH3 is 1. The Labute approximate surface area is 118 Å². The van der Waals surface area contributed by atoms with Crippen molar-refractivity contribution in [2.24, 2.45) is 5.41 Å². The van der Waals surface area contributed by atoms with Crippen LogP contribution in [0.1, 0.15) is 56.8 Å². The maximum Gasteiger partial charge on any atom is 0.122 e. The van der Waals surface area contributed by atoms with Gasteiger partial charge in [0.1, 0.15) is 5.75 Å². The molecular weight excluding hydrogens is 234 g/mol. The van der Waals surface area contributed by atoms with E-state index in [0.717, 1.165) is 18.7 Å². The van der Waals surface area contributed by atoms with Crippen LogP contribution >= 0.6 is 0 Å². The Hall–Kier alpha value is -1.02. The van der Waals surface area contributed by atoms with Gasteiger partial charge in [0.2, 0.25) is 0 Å². The smallest absolute Gasteiger partial charge is 0.122 e. The van der Waals surface area contributed by atoms with Gasteiger partial charge in [-0.05, 0) is 55.0 Å². The second-order valence-electron chi connectivity index (χ2n) is 6.01. The predicted molar refractivity (Wildman–Crippen MR) is 83.0 cm³/mol. The first-order valence-electron chi connectivity index (χ1n) is 7.25. The van der Waals surface area contributed by atoms with Gasteiger partial charge < -0.3 is 10.1 Å². The summed E-state index contributed by atoms with van der Waals surface area (Å²) in [5, 5.41) is 3.65. The van der Waals surface area contributed by atoms with Crippen molar-refractivity contribution in [2.75, 3.05) is 13.7 Å². The second-order valence-corrected chi connectivity index (χ2v) is 6.01. The minimum absolute atomic E-state index is 0.238. The average molecular weight is 263 g/mol. The van der Waals surface area contributed by atoms with Crippen LogP contribution in [-0.2, 0) is 0 Å². The van der Waals surface area contributed by atoms with E-state index in [1.807, 2.05) is 0 Å². The third-order valence-electron chi connectivity index (χ3n) is 4.20. The second kappa shape index (κ2) is 6.42. The van der Waals surface area contributed by atoms with Gasteiger partial charge in [-0.2, -0.15) is 0 Å². The third-order valence-corrected chi connectivity index (χ3v) is 4.20. The van der Waals surface area contributed by atoms with Crippen LogP contribution in [0.5, 0.6) is 5.75 Å². The Bertz CT molecular complexity index is 424. The summed E-state index contributed by atoms with van der Waals surface area (Å²) in [5.41, 5.74) is 4.14. The average Bonchev–Trinajstić information content (AvgIpc) is 2.38. The van der Waals surface area contributed by atoms with E-state index in [-0.39, 0.29) is 5.41 Å². The Kier molecular flexibility index (Phi) is 5.42. The molecule has 1 aromatic carbocycles. The summed E-state index contributed by atoms with van der Waals surface area (Å²) in [6, 6.07) is 4.81. The summed E-state index contributed by atoms with van der Waals surface area (Å²) >= 11 is 0. The van der Waals surface area contributed by atoms with E-state index >= 15 is 0 Å². The van der Waals surface area contributed by atoms with Crippen LogP contribution in [0, 0.1) is 19.3 Å². The lowest BCUT2D eigenvalue weighted by Gasteiger charge is -2.36. The number of benzene rings is 1. The molecule has 0 fully saturated rings. The van der Waals surface area contributed by atoms with E-state index in [2.05, 4.69) is 59.0 Å². The summed E-state index contributed by atoms with van der Waals surface area (Å²) in [4.78, 5) is 0. The molecule has 108 valence electrons. The minimum Gasteiger partial charge on any atom is -0.496 e. The number of aryl methyl sites for hydroxylation is 2. The topological polar surface area (TPSA) is 21.3 Å². The highest BCUT2D eigenvalue weighted by Gasteiger charge is 2.29. The number of nitrogens with one attached hydrogen (secondary N) is 1. The van der Waals surface area contributed by atoms with E-state index in [1.54, 1.807) is 7.11 Å². The fraction of sp³-hybridized carbons (Fsp3) is 0.647. The fourth-order valence-electron chi connectivity index (χ4n) is 2.56. The van der Waals surface area contributed by atoms with E-state index in [0.29, 0.717) is 6.04 Å². The van der Waals surface area contributed by atoms with Gasteiger partial charge >= 0.3 is 0 Å². The molecule has 0 heterocycles. The lowest BCUT2D eigenvalue weighted by molar-refractivity contribution is 0.236. The lowest BCUT2D eigenvalue weighted by Crippen LogP contribution is -2.34. The highest BCUT2D eigenvalue weighted by Crippen LogP contribution is 2.39. The predicted octanol–water partition coefficient (Wildman–Crippen LogP) is 4.40. The van der Waals surface area contributed by atoms with Gasteiger partial charge in [0.05, 0.1) is 7.11 Å². The number of hydrogen-bond acceptors (Lipinski definition) is 2.